The summed E-state index contributed by atoms with van der Waals surface area (Å²) < 4.78 is 12.9. The van der Waals surface area contributed by atoms with Gasteiger partial charge in [0, 0.05) is 12.7 Å². The summed E-state index contributed by atoms with van der Waals surface area (Å²) >= 11 is 5.62. The van der Waals surface area contributed by atoms with Gasteiger partial charge in [-0.05, 0) is 18.2 Å². The Bertz CT molecular complexity index is 331. The molecular weight excluding hydrogens is 221 g/mol. The highest BCUT2D eigenvalue weighted by Gasteiger charge is 2.14. The van der Waals surface area contributed by atoms with Gasteiger partial charge in [0.15, 0.2) is 0 Å². The van der Waals surface area contributed by atoms with Gasteiger partial charge in [-0.1, -0.05) is 11.6 Å². The molecule has 15 heavy (non-hydrogen) atoms. The first-order valence-electron chi connectivity index (χ1n) is 4.49. The van der Waals surface area contributed by atoms with Crippen molar-refractivity contribution in [3.8, 4) is 0 Å². The van der Waals surface area contributed by atoms with E-state index < -0.39 is 11.9 Å². The first kappa shape index (κ1) is 12.2. The largest absolute Gasteiger partial charge is 0.394 e. The van der Waals surface area contributed by atoms with Crippen LogP contribution >= 0.6 is 11.6 Å². The molecule has 0 amide bonds. The lowest BCUT2D eigenvalue weighted by molar-refractivity contribution is 0.191. The van der Waals surface area contributed by atoms with E-state index in [1.54, 1.807) is 18.0 Å². The Morgan fingerprint density at radius 1 is 1.40 bits per heavy atom. The molecule has 0 radical (unpaired) electrons. The first-order valence-corrected chi connectivity index (χ1v) is 4.87. The van der Waals surface area contributed by atoms with Crippen molar-refractivity contribution in [3.63, 3.8) is 0 Å². The molecule has 0 atom stereocenters. The summed E-state index contributed by atoms with van der Waals surface area (Å²) in [5, 5.41) is 18.0. The van der Waals surface area contributed by atoms with Crippen LogP contribution in [0.5, 0.6) is 0 Å². The van der Waals surface area contributed by atoms with E-state index in [0.717, 1.165) is 0 Å². The van der Waals surface area contributed by atoms with Gasteiger partial charge >= 0.3 is 0 Å². The molecule has 0 aliphatic carbocycles. The van der Waals surface area contributed by atoms with Crippen molar-refractivity contribution in [2.75, 3.05) is 25.2 Å². The zero-order valence-electron chi connectivity index (χ0n) is 8.32. The average molecular weight is 234 g/mol. The molecule has 84 valence electrons. The fourth-order valence-electron chi connectivity index (χ4n) is 1.22. The first-order chi connectivity index (χ1) is 7.10. The summed E-state index contributed by atoms with van der Waals surface area (Å²) in [6.07, 6.45) is 0. The summed E-state index contributed by atoms with van der Waals surface area (Å²) in [6.45, 7) is -0.357. The van der Waals surface area contributed by atoms with E-state index in [-0.39, 0.29) is 18.2 Å². The molecule has 1 aromatic rings. The van der Waals surface area contributed by atoms with Gasteiger partial charge in [-0.15, -0.1) is 0 Å². The van der Waals surface area contributed by atoms with Crippen LogP contribution in [0, 0.1) is 5.82 Å². The van der Waals surface area contributed by atoms with Gasteiger partial charge in [-0.25, -0.2) is 4.39 Å². The van der Waals surface area contributed by atoms with Crippen LogP contribution in [-0.2, 0) is 0 Å². The smallest absolute Gasteiger partial charge is 0.141 e. The van der Waals surface area contributed by atoms with Crippen molar-refractivity contribution < 1.29 is 14.6 Å². The molecule has 1 rings (SSSR count). The topological polar surface area (TPSA) is 43.7 Å². The van der Waals surface area contributed by atoms with Crippen LogP contribution in [0.1, 0.15) is 0 Å². The average Bonchev–Trinajstić information content (AvgIpc) is 2.23. The number of nitrogens with zero attached hydrogens (tertiary/aromatic N) is 1. The second-order valence-corrected chi connectivity index (χ2v) is 3.64. The van der Waals surface area contributed by atoms with E-state index >= 15 is 0 Å². The molecule has 0 spiro atoms. The lowest BCUT2D eigenvalue weighted by Gasteiger charge is -2.27. The van der Waals surface area contributed by atoms with Gasteiger partial charge in [-0.2, -0.15) is 0 Å². The normalized spacial score (nSPS) is 10.8. The highest BCUT2D eigenvalue weighted by molar-refractivity contribution is 6.31. The lowest BCUT2D eigenvalue weighted by Crippen LogP contribution is -2.37. The Labute approximate surface area is 92.7 Å². The van der Waals surface area contributed by atoms with E-state index in [1.807, 2.05) is 0 Å². The van der Waals surface area contributed by atoms with Crippen LogP contribution < -0.4 is 4.90 Å². The predicted molar refractivity (Wildman–Crippen MR) is 57.8 cm³/mol. The minimum absolute atomic E-state index is 0.0222. The molecule has 0 aromatic heterocycles. The number of hydrogen-bond donors (Lipinski definition) is 2. The van der Waals surface area contributed by atoms with Crippen molar-refractivity contribution in [3.05, 3.63) is 29.0 Å². The Hall–Kier alpha value is -0.840. The molecule has 0 heterocycles. The molecule has 0 saturated carbocycles. The van der Waals surface area contributed by atoms with Crippen LogP contribution in [0.3, 0.4) is 0 Å². The van der Waals surface area contributed by atoms with Crippen LogP contribution in [-0.4, -0.2) is 36.5 Å². The van der Waals surface area contributed by atoms with Crippen molar-refractivity contribution in [1.29, 1.82) is 0 Å². The Kier molecular flexibility index (Phi) is 4.32. The number of rotatable bonds is 4. The number of benzene rings is 1. The molecule has 0 saturated heterocycles. The molecule has 3 nitrogen and oxygen atoms in total. The SMILES string of the molecule is CN(c1ccc(F)c(Cl)c1)C(CO)CO. The molecule has 5 heteroatoms. The number of halogens is 2. The summed E-state index contributed by atoms with van der Waals surface area (Å²) in [4.78, 5) is 1.64. The van der Waals surface area contributed by atoms with Crippen molar-refractivity contribution in [2.45, 2.75) is 6.04 Å². The maximum Gasteiger partial charge on any atom is 0.141 e. The zero-order chi connectivity index (χ0) is 11.4. The fourth-order valence-corrected chi connectivity index (χ4v) is 1.39. The third kappa shape index (κ3) is 2.81. The molecule has 2 N–H and O–H groups in total. The van der Waals surface area contributed by atoms with E-state index in [0.29, 0.717) is 5.69 Å². The highest BCUT2D eigenvalue weighted by atomic mass is 35.5. The lowest BCUT2D eigenvalue weighted by atomic mass is 10.2. The molecule has 1 aromatic carbocycles. The monoisotopic (exact) mass is 233 g/mol. The highest BCUT2D eigenvalue weighted by Crippen LogP contribution is 2.22. The second-order valence-electron chi connectivity index (χ2n) is 3.23. The van der Waals surface area contributed by atoms with E-state index in [4.69, 9.17) is 21.8 Å². The van der Waals surface area contributed by atoms with E-state index in [1.165, 1.54) is 12.1 Å². The number of aliphatic hydroxyl groups is 2. The Balaban J connectivity index is 2.90. The van der Waals surface area contributed by atoms with Gasteiger partial charge in [0.1, 0.15) is 5.82 Å². The minimum atomic E-state index is -0.488. The van der Waals surface area contributed by atoms with E-state index in [9.17, 15) is 4.39 Å². The van der Waals surface area contributed by atoms with Crippen molar-refractivity contribution in [1.82, 2.24) is 0 Å². The molecule has 0 unspecified atom stereocenters. The Morgan fingerprint density at radius 3 is 2.47 bits per heavy atom. The number of anilines is 1. The standard InChI is InChI=1S/C10H13ClFNO2/c1-13(8(5-14)6-15)7-2-3-10(12)9(11)4-7/h2-4,8,14-15H,5-6H2,1H3. The zero-order valence-corrected chi connectivity index (χ0v) is 9.08. The number of aliphatic hydroxyl groups excluding tert-OH is 2. The van der Waals surface area contributed by atoms with Crippen LogP contribution in [0.15, 0.2) is 18.2 Å². The molecule has 0 aliphatic heterocycles. The maximum atomic E-state index is 12.9. The Morgan fingerprint density at radius 2 is 2.00 bits per heavy atom. The summed E-state index contributed by atoms with van der Waals surface area (Å²) in [6, 6.07) is 3.83. The van der Waals surface area contributed by atoms with Gasteiger partial charge in [-0.3, -0.25) is 0 Å². The van der Waals surface area contributed by atoms with Crippen LogP contribution in [0.25, 0.3) is 0 Å². The summed E-state index contributed by atoms with van der Waals surface area (Å²) in [5.41, 5.74) is 0.648. The molecule has 0 aliphatic rings. The molecule has 0 bridgehead atoms. The van der Waals surface area contributed by atoms with Crippen LogP contribution in [0.4, 0.5) is 10.1 Å². The minimum Gasteiger partial charge on any atom is -0.394 e. The fraction of sp³-hybridized carbons (Fsp3) is 0.400. The van der Waals surface area contributed by atoms with E-state index in [2.05, 4.69) is 0 Å². The van der Waals surface area contributed by atoms with Crippen molar-refractivity contribution >= 4 is 17.3 Å². The molecule has 0 fully saturated rings. The number of likely N-dealkylation sites (N-methyl/N-ethyl adjacent to an activating group) is 1. The predicted octanol–water partition coefficient (Wildman–Crippen LogP) is 1.27. The molecular formula is C10H13ClFNO2. The third-order valence-corrected chi connectivity index (χ3v) is 2.57. The second kappa shape index (κ2) is 5.30. The van der Waals surface area contributed by atoms with Crippen molar-refractivity contribution in [2.24, 2.45) is 0 Å². The van der Waals surface area contributed by atoms with Gasteiger partial charge in [0.05, 0.1) is 24.3 Å². The quantitative estimate of drug-likeness (QED) is 0.823. The van der Waals surface area contributed by atoms with Gasteiger partial charge in [0.2, 0.25) is 0 Å². The summed E-state index contributed by atoms with van der Waals surface area (Å²) in [7, 11) is 1.70. The van der Waals surface area contributed by atoms with Gasteiger partial charge in [0.25, 0.3) is 0 Å². The third-order valence-electron chi connectivity index (χ3n) is 2.28. The maximum absolute atomic E-state index is 12.9. The number of hydrogen-bond acceptors (Lipinski definition) is 3. The van der Waals surface area contributed by atoms with Crippen LogP contribution in [0.2, 0.25) is 5.02 Å². The van der Waals surface area contributed by atoms with Gasteiger partial charge < -0.3 is 15.1 Å². The summed E-state index contributed by atoms with van der Waals surface area (Å²) in [5.74, 6) is -0.488.